The molecule has 0 saturated heterocycles. The third-order valence-electron chi connectivity index (χ3n) is 2.58. The van der Waals surface area contributed by atoms with Gasteiger partial charge in [-0.3, -0.25) is 0 Å². The minimum Gasteiger partial charge on any atom is -0.146 e. The Kier molecular flexibility index (Phi) is 4.35. The number of halogens is 3. The summed E-state index contributed by atoms with van der Waals surface area (Å²) >= 11 is 15.2. The van der Waals surface area contributed by atoms with Crippen molar-refractivity contribution in [3.05, 3.63) is 54.6 Å². The monoisotopic (exact) mass is 392 g/mol. The van der Waals surface area contributed by atoms with Crippen molar-refractivity contribution in [3.8, 4) is 0 Å². The molecule has 0 fully saturated rings. The molecule has 0 aliphatic heterocycles. The van der Waals surface area contributed by atoms with Crippen LogP contribution in [0.25, 0.3) is 0 Å². The van der Waals surface area contributed by atoms with Crippen LogP contribution in [-0.2, 0) is 0 Å². The second-order valence-corrected chi connectivity index (χ2v) is 7.56. The number of benzene rings is 1. The zero-order chi connectivity index (χ0) is 12.6. The summed E-state index contributed by atoms with van der Waals surface area (Å²) < 4.78 is 1.08. The van der Waals surface area contributed by atoms with Crippen molar-refractivity contribution in [2.75, 3.05) is 0 Å². The Morgan fingerprint density at radius 1 is 1.18 bits per heavy atom. The van der Waals surface area contributed by atoms with Crippen LogP contribution < -0.4 is 0 Å². The molecule has 0 aliphatic carbocycles. The summed E-state index contributed by atoms with van der Waals surface area (Å²) in [4.78, 5) is 2.86. The number of hydrogen-bond acceptors (Lipinski definition) is 1. The number of aryl methyl sites for hydroxylation is 2. The van der Waals surface area contributed by atoms with Gasteiger partial charge in [-0.1, -0.05) is 43.5 Å². The molecule has 1 atom stereocenters. The molecule has 1 aromatic carbocycles. The lowest BCUT2D eigenvalue weighted by molar-refractivity contribution is 1.16. The van der Waals surface area contributed by atoms with E-state index >= 15 is 0 Å². The van der Waals surface area contributed by atoms with Crippen molar-refractivity contribution < 1.29 is 0 Å². The van der Waals surface area contributed by atoms with Gasteiger partial charge in [0.25, 0.3) is 0 Å². The van der Waals surface area contributed by atoms with Crippen molar-refractivity contribution in [1.29, 1.82) is 0 Å². The van der Waals surface area contributed by atoms with Gasteiger partial charge in [0.15, 0.2) is 0 Å². The molecule has 90 valence electrons. The highest BCUT2D eigenvalue weighted by Gasteiger charge is 2.17. The van der Waals surface area contributed by atoms with Gasteiger partial charge in [0.1, 0.15) is 0 Å². The van der Waals surface area contributed by atoms with Gasteiger partial charge in [0, 0.05) is 19.2 Å². The molecule has 0 spiro atoms. The van der Waals surface area contributed by atoms with Crippen LogP contribution in [0.15, 0.2) is 28.7 Å². The molecule has 0 saturated carbocycles. The van der Waals surface area contributed by atoms with Crippen LogP contribution >= 0.6 is 54.8 Å². The lowest BCUT2D eigenvalue weighted by atomic mass is 10.1. The Hall–Kier alpha value is 0.170. The van der Waals surface area contributed by atoms with E-state index in [4.69, 9.17) is 11.6 Å². The third-order valence-corrected chi connectivity index (χ3v) is 5.51. The summed E-state index contributed by atoms with van der Waals surface area (Å²) in [6, 6.07) is 8.10. The van der Waals surface area contributed by atoms with Crippen LogP contribution in [0.5, 0.6) is 0 Å². The zero-order valence-corrected chi connectivity index (χ0v) is 14.2. The van der Waals surface area contributed by atoms with Gasteiger partial charge in [-0.15, -0.1) is 11.3 Å². The molecule has 0 radical (unpaired) electrons. The smallest absolute Gasteiger partial charge is 0.0666 e. The van der Waals surface area contributed by atoms with E-state index in [0.717, 1.165) is 9.50 Å². The molecule has 4 heteroatoms. The fourth-order valence-corrected chi connectivity index (χ4v) is 4.71. The molecule has 0 N–H and O–H groups in total. The number of alkyl halides is 1. The third kappa shape index (κ3) is 2.95. The predicted molar refractivity (Wildman–Crippen MR) is 83.7 cm³/mol. The van der Waals surface area contributed by atoms with E-state index < -0.39 is 0 Å². The van der Waals surface area contributed by atoms with Crippen LogP contribution in [-0.4, -0.2) is 0 Å². The molecule has 0 amide bonds. The topological polar surface area (TPSA) is 0 Å². The summed E-state index contributed by atoms with van der Waals surface area (Å²) in [5, 5.41) is 0.761. The molecule has 0 bridgehead atoms. The van der Waals surface area contributed by atoms with Gasteiger partial charge in [-0.2, -0.15) is 0 Å². The van der Waals surface area contributed by atoms with E-state index in [0.29, 0.717) is 0 Å². The van der Waals surface area contributed by atoms with E-state index in [1.807, 2.05) is 29.5 Å². The Bertz CT molecular complexity index is 548. The standard InChI is InChI=1S/C13H11Br2ClS/c1-7-5-10(8(2)17-7)13(15)11-6-9(16)3-4-12(11)14/h3-6,13H,1-2H3. The Balaban J connectivity index is 2.46. The Labute approximate surface area is 127 Å². The van der Waals surface area contributed by atoms with Gasteiger partial charge in [-0.25, -0.2) is 0 Å². The number of rotatable bonds is 2. The van der Waals surface area contributed by atoms with E-state index in [-0.39, 0.29) is 4.83 Å². The van der Waals surface area contributed by atoms with Crippen molar-refractivity contribution in [2.24, 2.45) is 0 Å². The SMILES string of the molecule is Cc1cc(C(Br)c2cc(Cl)ccc2Br)c(C)s1. The summed E-state index contributed by atoms with van der Waals surface area (Å²) in [5.41, 5.74) is 2.48. The molecular weight excluding hydrogens is 383 g/mol. The lowest BCUT2D eigenvalue weighted by Crippen LogP contribution is -1.94. The molecule has 17 heavy (non-hydrogen) atoms. The zero-order valence-electron chi connectivity index (χ0n) is 9.43. The van der Waals surface area contributed by atoms with Crippen LogP contribution in [0.3, 0.4) is 0 Å². The molecule has 2 rings (SSSR count). The van der Waals surface area contributed by atoms with E-state index in [1.54, 1.807) is 0 Å². The minimum absolute atomic E-state index is 0.181. The second kappa shape index (κ2) is 5.43. The van der Waals surface area contributed by atoms with Crippen molar-refractivity contribution in [3.63, 3.8) is 0 Å². The average Bonchev–Trinajstić information content (AvgIpc) is 2.60. The first kappa shape index (κ1) is 13.6. The predicted octanol–water partition coefficient (Wildman–Crippen LogP) is 6.27. The highest BCUT2D eigenvalue weighted by atomic mass is 79.9. The second-order valence-electron chi connectivity index (χ2n) is 3.90. The summed E-state index contributed by atoms with van der Waals surface area (Å²) in [6.45, 7) is 4.29. The van der Waals surface area contributed by atoms with Crippen molar-refractivity contribution in [1.82, 2.24) is 0 Å². The maximum absolute atomic E-state index is 6.05. The fourth-order valence-electron chi connectivity index (χ4n) is 1.78. The van der Waals surface area contributed by atoms with Gasteiger partial charge in [0.05, 0.1) is 4.83 Å². The molecule has 1 unspecified atom stereocenters. The van der Waals surface area contributed by atoms with E-state index in [1.165, 1.54) is 20.9 Å². The molecular formula is C13H11Br2ClS. The minimum atomic E-state index is 0.181. The molecule has 2 aromatic rings. The lowest BCUT2D eigenvalue weighted by Gasteiger charge is -2.12. The largest absolute Gasteiger partial charge is 0.146 e. The van der Waals surface area contributed by atoms with Crippen molar-refractivity contribution in [2.45, 2.75) is 18.7 Å². The first-order valence-electron chi connectivity index (χ1n) is 5.15. The summed E-state index contributed by atoms with van der Waals surface area (Å²) in [5.74, 6) is 0. The van der Waals surface area contributed by atoms with Crippen LogP contribution in [0.4, 0.5) is 0 Å². The molecule has 0 nitrogen and oxygen atoms in total. The van der Waals surface area contributed by atoms with Crippen LogP contribution in [0.2, 0.25) is 5.02 Å². The van der Waals surface area contributed by atoms with Gasteiger partial charge >= 0.3 is 0 Å². The molecule has 1 heterocycles. The van der Waals surface area contributed by atoms with E-state index in [2.05, 4.69) is 51.8 Å². The summed E-state index contributed by atoms with van der Waals surface area (Å²) in [6.07, 6.45) is 0. The van der Waals surface area contributed by atoms with Crippen LogP contribution in [0.1, 0.15) is 25.7 Å². The first-order chi connectivity index (χ1) is 7.99. The highest BCUT2D eigenvalue weighted by Crippen LogP contribution is 2.40. The Morgan fingerprint density at radius 3 is 2.47 bits per heavy atom. The summed E-state index contributed by atoms with van der Waals surface area (Å²) in [7, 11) is 0. The normalized spacial score (nSPS) is 12.8. The maximum Gasteiger partial charge on any atom is 0.0666 e. The molecule has 0 aliphatic rings. The van der Waals surface area contributed by atoms with Gasteiger partial charge < -0.3 is 0 Å². The maximum atomic E-state index is 6.05. The van der Waals surface area contributed by atoms with Crippen molar-refractivity contribution >= 4 is 54.8 Å². The first-order valence-corrected chi connectivity index (χ1v) is 8.05. The van der Waals surface area contributed by atoms with Gasteiger partial charge in [0.2, 0.25) is 0 Å². The quantitative estimate of drug-likeness (QED) is 0.527. The number of thiophene rings is 1. The van der Waals surface area contributed by atoms with E-state index in [9.17, 15) is 0 Å². The fraction of sp³-hybridized carbons (Fsp3) is 0.231. The average molecular weight is 395 g/mol. The molecule has 1 aromatic heterocycles. The Morgan fingerprint density at radius 2 is 1.88 bits per heavy atom. The van der Waals surface area contributed by atoms with Crippen LogP contribution in [0, 0.1) is 13.8 Å². The van der Waals surface area contributed by atoms with Gasteiger partial charge in [-0.05, 0) is 49.2 Å². The highest BCUT2D eigenvalue weighted by molar-refractivity contribution is 9.11. The number of hydrogen-bond donors (Lipinski definition) is 0.